The van der Waals surface area contributed by atoms with Gasteiger partial charge in [0, 0.05) is 50.5 Å². The number of hydrogen-bond acceptors (Lipinski definition) is 2. The minimum Gasteiger partial charge on any atom is -0.310 e. The summed E-state index contributed by atoms with van der Waals surface area (Å²) in [5.41, 5.74) is 12.9. The predicted octanol–water partition coefficient (Wildman–Crippen LogP) is 18.9. The van der Waals surface area contributed by atoms with E-state index in [0.717, 1.165) is 95.0 Å². The van der Waals surface area contributed by atoms with Crippen LogP contribution in [0.2, 0.25) is 0 Å². The zero-order chi connectivity index (χ0) is 55.1. The molecule has 74 heavy (non-hydrogen) atoms. The zero-order valence-corrected chi connectivity index (χ0v) is 40.1. The molecule has 1 atom stereocenters. The van der Waals surface area contributed by atoms with Crippen LogP contribution in [0.15, 0.2) is 297 Å². The van der Waals surface area contributed by atoms with Gasteiger partial charge in [0.2, 0.25) is 0 Å². The lowest BCUT2D eigenvalue weighted by molar-refractivity contribution is 0.777. The van der Waals surface area contributed by atoms with Gasteiger partial charge in [-0.05, 0) is 141 Å². The van der Waals surface area contributed by atoms with E-state index in [-0.39, 0.29) is 28.4 Å². The number of fused-ring (bicyclic) bond motifs is 7. The van der Waals surface area contributed by atoms with Crippen LogP contribution in [0.3, 0.4) is 0 Å². The molecular weight excluding hydrogens is 895 g/mol. The van der Waals surface area contributed by atoms with Crippen molar-refractivity contribution in [2.75, 3.05) is 9.80 Å². The second-order valence-corrected chi connectivity index (χ2v) is 18.7. The van der Waals surface area contributed by atoms with E-state index in [1.807, 2.05) is 103 Å². The first-order valence-corrected chi connectivity index (χ1v) is 24.9. The molecule has 14 rings (SSSR count). The van der Waals surface area contributed by atoms with Crippen LogP contribution in [0.25, 0.3) is 60.5 Å². The molecule has 0 radical (unpaired) electrons. The highest BCUT2D eigenvalue weighted by Crippen LogP contribution is 2.60. The molecule has 1 unspecified atom stereocenters. The van der Waals surface area contributed by atoms with Gasteiger partial charge in [-0.2, -0.15) is 0 Å². The lowest BCUT2D eigenvalue weighted by Gasteiger charge is -2.35. The molecule has 0 aliphatic heterocycles. The maximum Gasteiger partial charge on any atom is 0.0720 e. The lowest BCUT2D eigenvalue weighted by Crippen LogP contribution is -2.29. The zero-order valence-electron chi connectivity index (χ0n) is 47.1. The number of anilines is 6. The maximum atomic E-state index is 10.4. The highest BCUT2D eigenvalue weighted by Gasteiger charge is 2.48. The summed E-state index contributed by atoms with van der Waals surface area (Å²) in [4.78, 5) is 4.49. The van der Waals surface area contributed by atoms with Gasteiger partial charge in [-0.15, -0.1) is 0 Å². The van der Waals surface area contributed by atoms with Gasteiger partial charge in [0.1, 0.15) is 0 Å². The van der Waals surface area contributed by atoms with E-state index < -0.39 is 35.6 Å². The van der Waals surface area contributed by atoms with Gasteiger partial charge in [0.25, 0.3) is 0 Å². The van der Waals surface area contributed by atoms with Crippen LogP contribution in [0, 0.1) is 0 Å². The Hall–Kier alpha value is -9.70. The summed E-state index contributed by atoms with van der Waals surface area (Å²) < 4.78 is 69.3. The molecule has 3 nitrogen and oxygen atoms in total. The molecule has 0 saturated carbocycles. The third-order valence-corrected chi connectivity index (χ3v) is 14.7. The van der Waals surface area contributed by atoms with Crippen molar-refractivity contribution >= 4 is 66.7 Å². The number of hydrogen-bond donors (Lipinski definition) is 0. The maximum absolute atomic E-state index is 10.4. The van der Waals surface area contributed by atoms with Crippen molar-refractivity contribution in [2.24, 2.45) is 0 Å². The Bertz CT molecular complexity index is 4560. The SMILES string of the molecule is [2H]c1c([2H])c([2H])c2c(C3(c4ccc5c6ccccc6n(-c6ccccc6)c5c4)c4ccc(N(c5ccccc5)c5ccccc5)cc4-c4cc(N(c5ccccc5)c5ccccc5-c5ccccc5)ccc43)c([2H])c([2H])c([2H])c2c1[2H]. The van der Waals surface area contributed by atoms with Crippen LogP contribution in [-0.2, 0) is 5.41 Å². The molecule has 0 bridgehead atoms. The molecule has 0 saturated heterocycles. The Morgan fingerprint density at radius 1 is 0.338 bits per heavy atom. The molecule has 0 fully saturated rings. The monoisotopic (exact) mass is 950 g/mol. The third kappa shape index (κ3) is 6.89. The van der Waals surface area contributed by atoms with Crippen molar-refractivity contribution in [1.29, 1.82) is 0 Å². The van der Waals surface area contributed by atoms with Crippen LogP contribution >= 0.6 is 0 Å². The molecule has 3 heteroatoms. The van der Waals surface area contributed by atoms with Gasteiger partial charge in [-0.25, -0.2) is 0 Å². The summed E-state index contributed by atoms with van der Waals surface area (Å²) in [7, 11) is 0. The summed E-state index contributed by atoms with van der Waals surface area (Å²) in [6.45, 7) is 0. The van der Waals surface area contributed by atoms with Crippen molar-refractivity contribution in [3.05, 3.63) is 319 Å². The summed E-state index contributed by atoms with van der Waals surface area (Å²) in [6.07, 6.45) is 0. The lowest BCUT2D eigenvalue weighted by atomic mass is 9.66. The molecule has 0 N–H and O–H groups in total. The first-order valence-electron chi connectivity index (χ1n) is 28.4. The van der Waals surface area contributed by atoms with E-state index >= 15 is 0 Å². The second kappa shape index (κ2) is 17.9. The summed E-state index contributed by atoms with van der Waals surface area (Å²) in [5, 5.41) is 1.96. The molecular formula is C71H49N3. The van der Waals surface area contributed by atoms with E-state index in [9.17, 15) is 8.22 Å². The Kier molecular flexibility index (Phi) is 8.75. The minimum absolute atomic E-state index is 0.0283. The van der Waals surface area contributed by atoms with Crippen LogP contribution in [0.1, 0.15) is 31.8 Å². The van der Waals surface area contributed by atoms with E-state index in [1.165, 1.54) is 0 Å². The van der Waals surface area contributed by atoms with Crippen molar-refractivity contribution in [3.63, 3.8) is 0 Å². The van der Waals surface area contributed by atoms with Crippen LogP contribution in [-0.4, -0.2) is 4.57 Å². The van der Waals surface area contributed by atoms with Gasteiger partial charge in [-0.1, -0.05) is 206 Å². The van der Waals surface area contributed by atoms with E-state index in [4.69, 9.17) is 1.37 Å². The highest BCUT2D eigenvalue weighted by molar-refractivity contribution is 6.10. The van der Waals surface area contributed by atoms with Gasteiger partial charge in [0.05, 0.1) is 31.7 Å². The van der Waals surface area contributed by atoms with Crippen LogP contribution in [0.4, 0.5) is 34.1 Å². The molecule has 1 aliphatic carbocycles. The fourth-order valence-corrected chi connectivity index (χ4v) is 11.6. The predicted molar refractivity (Wildman–Crippen MR) is 310 cm³/mol. The van der Waals surface area contributed by atoms with Crippen molar-refractivity contribution in [3.8, 4) is 27.9 Å². The Morgan fingerprint density at radius 3 is 1.54 bits per heavy atom. The van der Waals surface area contributed by atoms with Gasteiger partial charge in [-0.3, -0.25) is 0 Å². The largest absolute Gasteiger partial charge is 0.310 e. The molecule has 1 aliphatic rings. The Balaban J connectivity index is 1.16. The first-order chi connectivity index (χ1) is 39.6. The molecule has 0 amide bonds. The minimum atomic E-state index is -1.55. The summed E-state index contributed by atoms with van der Waals surface area (Å²) in [5.74, 6) is 0. The molecule has 1 aromatic heterocycles. The van der Waals surface area contributed by atoms with E-state index in [2.05, 4.69) is 166 Å². The van der Waals surface area contributed by atoms with Crippen LogP contribution < -0.4 is 9.80 Å². The van der Waals surface area contributed by atoms with Gasteiger partial charge < -0.3 is 14.4 Å². The quantitative estimate of drug-likeness (QED) is 0.135. The third-order valence-electron chi connectivity index (χ3n) is 14.7. The normalized spacial score (nSPS) is 15.1. The summed E-state index contributed by atoms with van der Waals surface area (Å²) in [6, 6.07) is 84.3. The standard InChI is InChI=1S/C71H49N3/c1-6-23-51(24-7-1)60-36-18-20-39-68(60)73(55-31-12-4-13-32-55)58-43-46-67-64(49-58)63-48-57(72(53-27-8-2-9-28-53)54-29-10-3-11-30-54)42-45-66(63)71(67,65-38-22-26-50-25-16-17-35-59(50)65)52-41-44-62-61-37-19-21-40-69(61)74(70(62)47-52)56-33-14-5-15-34-56/h1-49H/i16D,17D,22D,25D,26D,35D,38D. The Labute approximate surface area is 441 Å². The number of rotatable bonds is 10. The molecule has 0 spiro atoms. The number of benzene rings is 12. The van der Waals surface area contributed by atoms with Crippen molar-refractivity contribution in [2.45, 2.75) is 5.41 Å². The molecule has 12 aromatic carbocycles. The number of nitrogens with zero attached hydrogens (tertiary/aromatic N) is 3. The average Bonchev–Trinajstić information content (AvgIpc) is 2.81. The second-order valence-electron chi connectivity index (χ2n) is 18.7. The smallest absolute Gasteiger partial charge is 0.0720 e. The topological polar surface area (TPSA) is 11.4 Å². The Morgan fingerprint density at radius 2 is 0.865 bits per heavy atom. The summed E-state index contributed by atoms with van der Waals surface area (Å²) >= 11 is 0. The molecule has 348 valence electrons. The number of aromatic nitrogens is 1. The highest BCUT2D eigenvalue weighted by atomic mass is 15.1. The fourth-order valence-electron chi connectivity index (χ4n) is 11.6. The molecule has 13 aromatic rings. The van der Waals surface area contributed by atoms with E-state index in [0.29, 0.717) is 5.56 Å². The molecule has 1 heterocycles. The number of para-hydroxylation sites is 6. The first kappa shape index (κ1) is 36.3. The van der Waals surface area contributed by atoms with Crippen molar-refractivity contribution in [1.82, 2.24) is 4.57 Å². The van der Waals surface area contributed by atoms with Gasteiger partial charge in [0.15, 0.2) is 0 Å². The fraction of sp³-hybridized carbons (Fsp3) is 0.0141. The van der Waals surface area contributed by atoms with E-state index in [1.54, 1.807) is 0 Å². The van der Waals surface area contributed by atoms with Crippen molar-refractivity contribution < 1.29 is 9.60 Å². The average molecular weight is 951 g/mol. The van der Waals surface area contributed by atoms with Crippen LogP contribution in [0.5, 0.6) is 0 Å². The van der Waals surface area contributed by atoms with Gasteiger partial charge >= 0.3 is 0 Å².